The van der Waals surface area contributed by atoms with Gasteiger partial charge in [-0.15, -0.1) is 11.3 Å². The summed E-state index contributed by atoms with van der Waals surface area (Å²) in [6.45, 7) is 0. The molecule has 0 saturated heterocycles. The number of amides is 1. The molecule has 1 atom stereocenters. The molecule has 0 radical (unpaired) electrons. The Kier molecular flexibility index (Phi) is 5.44. The maximum Gasteiger partial charge on any atom is 0.412 e. The van der Waals surface area contributed by atoms with Gasteiger partial charge in [0.25, 0.3) is 10.0 Å². The first-order valence-corrected chi connectivity index (χ1v) is 11.4. The highest BCUT2D eigenvalue weighted by Gasteiger charge is 2.26. The van der Waals surface area contributed by atoms with Crippen LogP contribution in [0.15, 0.2) is 58.9 Å². The number of halogens is 1. The van der Waals surface area contributed by atoms with E-state index in [2.05, 4.69) is 15.0 Å². The normalized spacial score (nSPS) is 15.6. The number of anilines is 1. The van der Waals surface area contributed by atoms with Crippen LogP contribution in [-0.2, 0) is 22.9 Å². The van der Waals surface area contributed by atoms with E-state index in [1.165, 1.54) is 17.5 Å². The van der Waals surface area contributed by atoms with Gasteiger partial charge in [0.2, 0.25) is 0 Å². The maximum atomic E-state index is 12.5. The molecule has 0 fully saturated rings. The molecule has 1 amide bonds. The highest BCUT2D eigenvalue weighted by atomic mass is 35.5. The van der Waals surface area contributed by atoms with Crippen LogP contribution in [0.4, 0.5) is 9.93 Å². The molecule has 3 aromatic rings. The number of hydrogen-bond acceptors (Lipinski definition) is 6. The molecule has 2 N–H and O–H groups in total. The number of carbonyl (C=O) groups is 1. The van der Waals surface area contributed by atoms with Gasteiger partial charge in [-0.2, -0.15) is 0 Å². The molecule has 1 aliphatic rings. The van der Waals surface area contributed by atoms with Gasteiger partial charge in [0, 0.05) is 22.6 Å². The lowest BCUT2D eigenvalue weighted by molar-refractivity contribution is 0.196. The summed E-state index contributed by atoms with van der Waals surface area (Å²) in [6.07, 6.45) is 2.06. The molecule has 1 unspecified atom stereocenters. The summed E-state index contributed by atoms with van der Waals surface area (Å²) in [6, 6.07) is 11.4. The van der Waals surface area contributed by atoms with Crippen LogP contribution in [0.2, 0.25) is 5.02 Å². The molecule has 0 saturated carbocycles. The van der Waals surface area contributed by atoms with Crippen LogP contribution in [0.25, 0.3) is 0 Å². The Morgan fingerprint density at radius 2 is 2.00 bits per heavy atom. The quantitative estimate of drug-likeness (QED) is 0.616. The first-order valence-electron chi connectivity index (χ1n) is 8.67. The van der Waals surface area contributed by atoms with E-state index in [-0.39, 0.29) is 10.9 Å². The Labute approximate surface area is 176 Å². The van der Waals surface area contributed by atoms with E-state index in [0.717, 1.165) is 11.1 Å². The molecular weight excluding hydrogens is 434 g/mol. The van der Waals surface area contributed by atoms with Gasteiger partial charge in [-0.1, -0.05) is 23.7 Å². The van der Waals surface area contributed by atoms with E-state index in [4.69, 9.17) is 16.3 Å². The third-order valence-electron chi connectivity index (χ3n) is 4.40. The van der Waals surface area contributed by atoms with E-state index in [1.807, 2.05) is 0 Å². The molecule has 1 heterocycles. The minimum Gasteiger partial charge on any atom is -0.410 e. The summed E-state index contributed by atoms with van der Waals surface area (Å²) in [7, 11) is -3.72. The predicted molar refractivity (Wildman–Crippen MR) is 111 cm³/mol. The second-order valence-electron chi connectivity index (χ2n) is 6.47. The summed E-state index contributed by atoms with van der Waals surface area (Å²) in [5.74, 6) is 0.354. The smallest absolute Gasteiger partial charge is 0.410 e. The number of nitrogens with one attached hydrogen (secondary N) is 2. The summed E-state index contributed by atoms with van der Waals surface area (Å²) >= 11 is 7.09. The molecule has 0 spiro atoms. The fraction of sp³-hybridized carbons (Fsp3) is 0.158. The molecule has 0 aliphatic heterocycles. The van der Waals surface area contributed by atoms with Gasteiger partial charge in [0.15, 0.2) is 5.13 Å². The van der Waals surface area contributed by atoms with Crippen LogP contribution in [0, 0.1) is 0 Å². The van der Waals surface area contributed by atoms with Crippen molar-refractivity contribution in [1.29, 1.82) is 0 Å². The van der Waals surface area contributed by atoms with Gasteiger partial charge in [-0.3, -0.25) is 4.72 Å². The number of thiazole rings is 1. The zero-order valence-corrected chi connectivity index (χ0v) is 17.4. The van der Waals surface area contributed by atoms with Crippen molar-refractivity contribution in [3.05, 3.63) is 70.2 Å². The summed E-state index contributed by atoms with van der Waals surface area (Å²) < 4.78 is 32.8. The highest BCUT2D eigenvalue weighted by molar-refractivity contribution is 7.93. The van der Waals surface area contributed by atoms with Crippen LogP contribution in [0.3, 0.4) is 0 Å². The number of nitrogens with zero attached hydrogens (tertiary/aromatic N) is 1. The minimum absolute atomic E-state index is 0.161. The molecule has 10 heteroatoms. The summed E-state index contributed by atoms with van der Waals surface area (Å²) in [5, 5.41) is 5.29. The molecule has 7 nitrogen and oxygen atoms in total. The summed E-state index contributed by atoms with van der Waals surface area (Å²) in [4.78, 5) is 16.2. The van der Waals surface area contributed by atoms with E-state index >= 15 is 0 Å². The van der Waals surface area contributed by atoms with Gasteiger partial charge >= 0.3 is 6.09 Å². The number of fused-ring (bicyclic) bond motifs is 1. The van der Waals surface area contributed by atoms with Gasteiger partial charge < -0.3 is 10.1 Å². The van der Waals surface area contributed by atoms with Crippen molar-refractivity contribution in [2.75, 3.05) is 4.72 Å². The van der Waals surface area contributed by atoms with Crippen molar-refractivity contribution in [3.63, 3.8) is 0 Å². The summed E-state index contributed by atoms with van der Waals surface area (Å²) in [5.41, 5.74) is 1.87. The van der Waals surface area contributed by atoms with E-state index in [9.17, 15) is 13.2 Å². The Morgan fingerprint density at radius 1 is 1.17 bits per heavy atom. The number of hydrogen-bond donors (Lipinski definition) is 2. The third-order valence-corrected chi connectivity index (χ3v) is 6.79. The fourth-order valence-electron chi connectivity index (χ4n) is 3.15. The average Bonchev–Trinajstić information content (AvgIpc) is 3.29. The van der Waals surface area contributed by atoms with E-state index in [1.54, 1.807) is 47.8 Å². The zero-order valence-electron chi connectivity index (χ0n) is 15.0. The topological polar surface area (TPSA) is 97.4 Å². The van der Waals surface area contributed by atoms with Crippen LogP contribution in [0.1, 0.15) is 11.1 Å². The maximum absolute atomic E-state index is 12.5. The molecule has 1 aliphatic carbocycles. The van der Waals surface area contributed by atoms with Gasteiger partial charge in [0.1, 0.15) is 5.75 Å². The number of benzene rings is 2. The number of rotatable bonds is 5. The third kappa shape index (κ3) is 4.69. The van der Waals surface area contributed by atoms with Crippen molar-refractivity contribution in [1.82, 2.24) is 10.3 Å². The standard InChI is InChI=1S/C19H16ClN3O4S2/c20-14-2-1-3-16(11-14)27-19(24)22-15-8-12-4-5-17(10-13(12)9-15)29(25,26)23-18-21-6-7-28-18/h1-7,10-11,15H,8-9H2,(H,21,23)(H,22,24). The fourth-order valence-corrected chi connectivity index (χ4v) is 5.16. The van der Waals surface area contributed by atoms with Gasteiger partial charge in [-0.25, -0.2) is 18.2 Å². The van der Waals surface area contributed by atoms with Gasteiger partial charge in [0.05, 0.1) is 4.90 Å². The van der Waals surface area contributed by atoms with Crippen molar-refractivity contribution >= 4 is 44.2 Å². The Balaban J connectivity index is 1.41. The second kappa shape index (κ2) is 8.02. The monoisotopic (exact) mass is 449 g/mol. The van der Waals surface area contributed by atoms with E-state index < -0.39 is 16.1 Å². The van der Waals surface area contributed by atoms with Crippen molar-refractivity contribution in [2.45, 2.75) is 23.8 Å². The molecular formula is C19H16ClN3O4S2. The molecule has 1 aromatic heterocycles. The first-order chi connectivity index (χ1) is 13.9. The van der Waals surface area contributed by atoms with E-state index in [0.29, 0.717) is 28.7 Å². The van der Waals surface area contributed by atoms with Crippen LogP contribution in [-0.4, -0.2) is 25.5 Å². The predicted octanol–water partition coefficient (Wildman–Crippen LogP) is 3.85. The molecule has 0 bridgehead atoms. The second-order valence-corrected chi connectivity index (χ2v) is 9.48. The number of carbonyl (C=O) groups excluding carboxylic acids is 1. The largest absolute Gasteiger partial charge is 0.412 e. The van der Waals surface area contributed by atoms with Crippen molar-refractivity contribution < 1.29 is 17.9 Å². The Hall–Kier alpha value is -2.62. The number of ether oxygens (including phenoxy) is 1. The van der Waals surface area contributed by atoms with Crippen LogP contribution < -0.4 is 14.8 Å². The van der Waals surface area contributed by atoms with Gasteiger partial charge in [-0.05, 0) is 54.3 Å². The molecule has 150 valence electrons. The van der Waals surface area contributed by atoms with Crippen LogP contribution >= 0.6 is 22.9 Å². The minimum atomic E-state index is -3.72. The average molecular weight is 450 g/mol. The Bertz CT molecular complexity index is 1150. The lowest BCUT2D eigenvalue weighted by atomic mass is 10.1. The number of sulfonamides is 1. The van der Waals surface area contributed by atoms with Crippen molar-refractivity contribution in [2.24, 2.45) is 0 Å². The van der Waals surface area contributed by atoms with Crippen LogP contribution in [0.5, 0.6) is 5.75 Å². The Morgan fingerprint density at radius 3 is 2.76 bits per heavy atom. The lowest BCUT2D eigenvalue weighted by Gasteiger charge is -2.12. The molecule has 29 heavy (non-hydrogen) atoms. The number of aromatic nitrogens is 1. The zero-order chi connectivity index (χ0) is 20.4. The molecule has 4 rings (SSSR count). The first kappa shape index (κ1) is 19.7. The lowest BCUT2D eigenvalue weighted by Crippen LogP contribution is -2.37. The molecule has 2 aromatic carbocycles. The SMILES string of the molecule is O=C(NC1Cc2ccc(S(=O)(=O)Nc3nccs3)cc2C1)Oc1cccc(Cl)c1. The highest BCUT2D eigenvalue weighted by Crippen LogP contribution is 2.27. The van der Waals surface area contributed by atoms with Crippen molar-refractivity contribution in [3.8, 4) is 5.75 Å².